The Labute approximate surface area is 122 Å². The third kappa shape index (κ3) is 4.07. The van der Waals surface area contributed by atoms with Gasteiger partial charge < -0.3 is 9.84 Å². The highest BCUT2D eigenvalue weighted by molar-refractivity contribution is 5.80. The summed E-state index contributed by atoms with van der Waals surface area (Å²) >= 11 is 0. The van der Waals surface area contributed by atoms with Crippen molar-refractivity contribution in [1.29, 1.82) is 0 Å². The fourth-order valence-electron chi connectivity index (χ4n) is 2.19. The molecule has 0 aliphatic heterocycles. The summed E-state index contributed by atoms with van der Waals surface area (Å²) in [4.78, 5) is 11.8. The van der Waals surface area contributed by atoms with Crippen LogP contribution >= 0.6 is 0 Å². The van der Waals surface area contributed by atoms with Gasteiger partial charge in [0.25, 0.3) is 0 Å². The van der Waals surface area contributed by atoms with Gasteiger partial charge in [-0.3, -0.25) is 0 Å². The van der Waals surface area contributed by atoms with Crippen molar-refractivity contribution in [1.82, 2.24) is 0 Å². The molecule has 112 valence electrons. The number of hydrogen-bond acceptors (Lipinski definition) is 3. The molecule has 2 atom stereocenters. The van der Waals surface area contributed by atoms with Crippen molar-refractivity contribution in [3.8, 4) is 0 Å². The van der Waals surface area contributed by atoms with E-state index >= 15 is 0 Å². The molecule has 0 bridgehead atoms. The monoisotopic (exact) mass is 278 g/mol. The smallest absolute Gasteiger partial charge is 0.338 e. The Morgan fingerprint density at radius 2 is 1.80 bits per heavy atom. The number of carbonyl (C=O) groups excluding carboxylic acids is 1. The molecule has 1 aromatic rings. The summed E-state index contributed by atoms with van der Waals surface area (Å²) in [5.41, 5.74) is 0.706. The van der Waals surface area contributed by atoms with E-state index in [1.807, 2.05) is 19.1 Å². The van der Waals surface area contributed by atoms with Crippen molar-refractivity contribution in [2.45, 2.75) is 52.6 Å². The van der Waals surface area contributed by atoms with Gasteiger partial charge in [-0.15, -0.1) is 0 Å². The van der Waals surface area contributed by atoms with Crippen molar-refractivity contribution >= 4 is 5.97 Å². The third-order valence-electron chi connectivity index (χ3n) is 3.66. The van der Waals surface area contributed by atoms with Crippen molar-refractivity contribution in [2.24, 2.45) is 5.92 Å². The summed E-state index contributed by atoms with van der Waals surface area (Å²) in [6.07, 6.45) is 1.03. The first-order chi connectivity index (χ1) is 9.28. The Bertz CT molecular complexity index is 432. The molecule has 20 heavy (non-hydrogen) atoms. The molecule has 0 saturated heterocycles. The minimum Gasteiger partial charge on any atom is -0.464 e. The van der Waals surface area contributed by atoms with Gasteiger partial charge in [-0.05, 0) is 37.3 Å². The normalized spacial score (nSPS) is 15.8. The topological polar surface area (TPSA) is 46.5 Å². The molecule has 0 amide bonds. The molecule has 0 radical (unpaired) electrons. The summed E-state index contributed by atoms with van der Waals surface area (Å²) < 4.78 is 4.94. The highest BCUT2D eigenvalue weighted by Crippen LogP contribution is 2.29. The predicted octanol–water partition coefficient (Wildman–Crippen LogP) is 3.30. The maximum absolute atomic E-state index is 11.8. The van der Waals surface area contributed by atoms with Gasteiger partial charge in [0.2, 0.25) is 0 Å². The average Bonchev–Trinajstić information content (AvgIpc) is 2.38. The highest BCUT2D eigenvalue weighted by Gasteiger charge is 2.38. The molecule has 1 aromatic carbocycles. The third-order valence-corrected chi connectivity index (χ3v) is 3.66. The molecule has 0 fully saturated rings. The molecule has 0 aliphatic carbocycles. The van der Waals surface area contributed by atoms with E-state index in [0.717, 1.165) is 12.0 Å². The molecule has 0 spiro atoms. The highest BCUT2D eigenvalue weighted by atomic mass is 16.5. The van der Waals surface area contributed by atoms with Gasteiger partial charge in [-0.2, -0.15) is 0 Å². The molecule has 0 saturated carbocycles. The number of hydrogen-bond donors (Lipinski definition) is 1. The number of ether oxygens (including phenoxy) is 1. The van der Waals surface area contributed by atoms with Gasteiger partial charge in [-0.25, -0.2) is 4.79 Å². The van der Waals surface area contributed by atoms with E-state index in [9.17, 15) is 9.90 Å². The molecule has 0 aromatic heterocycles. The molecule has 0 aliphatic rings. The molecule has 3 heteroatoms. The van der Waals surface area contributed by atoms with Gasteiger partial charge in [0.15, 0.2) is 5.60 Å². The van der Waals surface area contributed by atoms with Crippen LogP contribution in [0.3, 0.4) is 0 Å². The first-order valence-corrected chi connectivity index (χ1v) is 7.27. The van der Waals surface area contributed by atoms with Crippen molar-refractivity contribution < 1.29 is 14.6 Å². The van der Waals surface area contributed by atoms with E-state index in [1.165, 1.54) is 12.5 Å². The minimum absolute atomic E-state index is 0.273. The fourth-order valence-corrected chi connectivity index (χ4v) is 2.19. The van der Waals surface area contributed by atoms with Gasteiger partial charge in [0.1, 0.15) is 0 Å². The largest absolute Gasteiger partial charge is 0.464 e. The van der Waals surface area contributed by atoms with Crippen LogP contribution in [-0.4, -0.2) is 23.3 Å². The Morgan fingerprint density at radius 3 is 2.25 bits per heavy atom. The second-order valence-corrected chi connectivity index (χ2v) is 5.93. The first-order valence-electron chi connectivity index (χ1n) is 7.27. The predicted molar refractivity (Wildman–Crippen MR) is 80.7 cm³/mol. The number of aliphatic hydroxyl groups is 1. The summed E-state index contributed by atoms with van der Waals surface area (Å²) in [5, 5.41) is 10.4. The zero-order valence-electron chi connectivity index (χ0n) is 13.1. The number of rotatable bonds is 6. The Hall–Kier alpha value is -1.35. The van der Waals surface area contributed by atoms with E-state index < -0.39 is 11.6 Å². The molecular weight excluding hydrogens is 252 g/mol. The Morgan fingerprint density at radius 1 is 1.25 bits per heavy atom. The van der Waals surface area contributed by atoms with Crippen LogP contribution in [0.2, 0.25) is 0 Å². The molecule has 0 heterocycles. The van der Waals surface area contributed by atoms with Crippen LogP contribution in [0.25, 0.3) is 0 Å². The summed E-state index contributed by atoms with van der Waals surface area (Å²) in [5.74, 6) is -0.269. The molecule has 2 unspecified atom stereocenters. The zero-order valence-corrected chi connectivity index (χ0v) is 13.1. The number of carbonyl (C=O) groups is 1. The fraction of sp³-hybridized carbons (Fsp3) is 0.588. The van der Waals surface area contributed by atoms with E-state index in [1.54, 1.807) is 6.92 Å². The van der Waals surface area contributed by atoms with Gasteiger partial charge in [0.05, 0.1) is 6.61 Å². The van der Waals surface area contributed by atoms with Crippen LogP contribution in [-0.2, 0) is 16.0 Å². The molecule has 1 rings (SSSR count). The summed E-state index contributed by atoms with van der Waals surface area (Å²) in [6.45, 7) is 9.73. The molecule has 3 nitrogen and oxygen atoms in total. The van der Waals surface area contributed by atoms with Crippen LogP contribution < -0.4 is 0 Å². The van der Waals surface area contributed by atoms with Crippen molar-refractivity contribution in [3.05, 3.63) is 35.4 Å². The quantitative estimate of drug-likeness (QED) is 0.812. The summed E-state index contributed by atoms with van der Waals surface area (Å²) in [7, 11) is 0. The van der Waals surface area contributed by atoms with E-state index in [0.29, 0.717) is 5.92 Å². The SMILES string of the molecule is CCOC(=O)C(C)(O)C(C)c1ccc(CC(C)C)cc1. The molecular formula is C17H26O3. The molecule has 1 N–H and O–H groups in total. The van der Waals surface area contributed by atoms with Crippen molar-refractivity contribution in [3.63, 3.8) is 0 Å². The maximum atomic E-state index is 11.8. The lowest BCUT2D eigenvalue weighted by Crippen LogP contribution is -2.41. The van der Waals surface area contributed by atoms with Gasteiger partial charge in [-0.1, -0.05) is 45.0 Å². The van der Waals surface area contributed by atoms with E-state index in [-0.39, 0.29) is 12.5 Å². The zero-order chi connectivity index (χ0) is 15.3. The van der Waals surface area contributed by atoms with Crippen LogP contribution in [0.15, 0.2) is 24.3 Å². The Kier molecular flexibility index (Phi) is 5.75. The maximum Gasteiger partial charge on any atom is 0.338 e. The standard InChI is InChI=1S/C17H26O3/c1-6-20-16(18)17(5,19)13(4)15-9-7-14(8-10-15)11-12(2)3/h7-10,12-13,19H,6,11H2,1-5H3. The van der Waals surface area contributed by atoms with Crippen LogP contribution in [0, 0.1) is 5.92 Å². The van der Waals surface area contributed by atoms with E-state index in [2.05, 4.69) is 26.0 Å². The second-order valence-electron chi connectivity index (χ2n) is 5.93. The van der Waals surface area contributed by atoms with Gasteiger partial charge >= 0.3 is 5.97 Å². The van der Waals surface area contributed by atoms with Crippen LogP contribution in [0.5, 0.6) is 0 Å². The van der Waals surface area contributed by atoms with Crippen LogP contribution in [0.1, 0.15) is 51.7 Å². The van der Waals surface area contributed by atoms with E-state index in [4.69, 9.17) is 4.74 Å². The lowest BCUT2D eigenvalue weighted by Gasteiger charge is -2.28. The lowest BCUT2D eigenvalue weighted by atomic mass is 9.84. The first kappa shape index (κ1) is 16.7. The minimum atomic E-state index is -1.50. The Balaban J connectivity index is 2.86. The number of esters is 1. The summed E-state index contributed by atoms with van der Waals surface area (Å²) in [6, 6.07) is 8.09. The number of benzene rings is 1. The van der Waals surface area contributed by atoms with Crippen LogP contribution in [0.4, 0.5) is 0 Å². The average molecular weight is 278 g/mol. The second kappa shape index (κ2) is 6.89. The van der Waals surface area contributed by atoms with Crippen molar-refractivity contribution in [2.75, 3.05) is 6.61 Å². The lowest BCUT2D eigenvalue weighted by molar-refractivity contribution is -0.165. The van der Waals surface area contributed by atoms with Gasteiger partial charge in [0, 0.05) is 5.92 Å².